The molecule has 1 aliphatic rings. The van der Waals surface area contributed by atoms with E-state index in [9.17, 15) is 4.39 Å². The second-order valence-corrected chi connectivity index (χ2v) is 5.11. The number of allylic oxidation sites excluding steroid dienone is 5. The quantitative estimate of drug-likeness (QED) is 0.593. The van der Waals surface area contributed by atoms with Crippen molar-refractivity contribution in [3.05, 3.63) is 47.3 Å². The minimum Gasteiger partial charge on any atom is -0.497 e. The molecule has 0 aromatic carbocycles. The Hall–Kier alpha value is -1.84. The Kier molecular flexibility index (Phi) is 5.37. The molecule has 0 bridgehead atoms. The summed E-state index contributed by atoms with van der Waals surface area (Å²) in [6.07, 6.45) is 9.28. The van der Waals surface area contributed by atoms with E-state index in [0.29, 0.717) is 17.0 Å². The number of rotatable bonds is 5. The van der Waals surface area contributed by atoms with Gasteiger partial charge in [0.15, 0.2) is 0 Å². The zero-order chi connectivity index (χ0) is 15.2. The van der Waals surface area contributed by atoms with Gasteiger partial charge in [0.05, 0.1) is 12.8 Å². The van der Waals surface area contributed by atoms with E-state index in [1.165, 1.54) is 18.2 Å². The fraction of sp³-hybridized carbons (Fsp3) is 0.471. The molecule has 0 amide bonds. The monoisotopic (exact) mass is 290 g/mol. The minimum absolute atomic E-state index is 0.274. The highest BCUT2D eigenvalue weighted by Gasteiger charge is 2.17. The molecule has 0 aliphatic carbocycles. The summed E-state index contributed by atoms with van der Waals surface area (Å²) >= 11 is 0. The molecule has 0 spiro atoms. The van der Waals surface area contributed by atoms with Gasteiger partial charge in [0.1, 0.15) is 11.6 Å². The molecular weight excluding hydrogens is 267 g/mol. The van der Waals surface area contributed by atoms with Gasteiger partial charge in [-0.25, -0.2) is 4.39 Å². The van der Waals surface area contributed by atoms with Gasteiger partial charge in [-0.1, -0.05) is 13.0 Å². The lowest BCUT2D eigenvalue weighted by Gasteiger charge is -2.11. The van der Waals surface area contributed by atoms with Gasteiger partial charge in [0.25, 0.3) is 0 Å². The lowest BCUT2D eigenvalue weighted by molar-refractivity contribution is 0.305. The molecule has 0 atom stereocenters. The van der Waals surface area contributed by atoms with Crippen molar-refractivity contribution < 1.29 is 9.13 Å². The Labute approximate surface area is 125 Å². The van der Waals surface area contributed by atoms with E-state index < -0.39 is 0 Å². The standard InChI is InChI=1S/C17H23FN2O/c1-4-8-14(21-3)12-15(16(18)5-2)17-11-13-9-6-7-10-20(13)19-17/h5,8,11-12H,4,6-7,9-10H2,1-3H3/b14-8-,15-12+,16-5+. The maximum absolute atomic E-state index is 14.2. The van der Waals surface area contributed by atoms with Crippen LogP contribution in [0.1, 0.15) is 44.5 Å². The zero-order valence-electron chi connectivity index (χ0n) is 13.0. The molecule has 1 aromatic heterocycles. The first-order valence-corrected chi connectivity index (χ1v) is 7.54. The van der Waals surface area contributed by atoms with Crippen LogP contribution in [-0.2, 0) is 17.7 Å². The molecule has 2 rings (SSSR count). The summed E-state index contributed by atoms with van der Waals surface area (Å²) in [5.41, 5.74) is 2.35. The van der Waals surface area contributed by atoms with Crippen LogP contribution in [0.15, 0.2) is 35.9 Å². The Morgan fingerprint density at radius 2 is 2.29 bits per heavy atom. The van der Waals surface area contributed by atoms with Crippen LogP contribution in [0.4, 0.5) is 4.39 Å². The number of aryl methyl sites for hydroxylation is 2. The van der Waals surface area contributed by atoms with Crippen LogP contribution in [-0.4, -0.2) is 16.9 Å². The van der Waals surface area contributed by atoms with Crippen molar-refractivity contribution in [3.8, 4) is 0 Å². The molecule has 0 fully saturated rings. The van der Waals surface area contributed by atoms with Gasteiger partial charge >= 0.3 is 0 Å². The molecule has 0 N–H and O–H groups in total. The van der Waals surface area contributed by atoms with E-state index in [1.54, 1.807) is 20.1 Å². The largest absolute Gasteiger partial charge is 0.497 e. The zero-order valence-corrected chi connectivity index (χ0v) is 13.0. The number of aromatic nitrogens is 2. The van der Waals surface area contributed by atoms with Gasteiger partial charge < -0.3 is 4.74 Å². The topological polar surface area (TPSA) is 27.1 Å². The van der Waals surface area contributed by atoms with E-state index in [0.717, 1.165) is 25.8 Å². The van der Waals surface area contributed by atoms with Gasteiger partial charge in [-0.3, -0.25) is 4.68 Å². The number of methoxy groups -OCH3 is 1. The second kappa shape index (κ2) is 7.25. The first-order chi connectivity index (χ1) is 10.2. The number of nitrogens with zero attached hydrogens (tertiary/aromatic N) is 2. The molecule has 3 nitrogen and oxygen atoms in total. The smallest absolute Gasteiger partial charge is 0.128 e. The molecule has 1 aliphatic heterocycles. The van der Waals surface area contributed by atoms with E-state index >= 15 is 0 Å². The summed E-state index contributed by atoms with van der Waals surface area (Å²) in [7, 11) is 1.60. The number of hydrogen-bond donors (Lipinski definition) is 0. The molecule has 1 aromatic rings. The third-order valence-corrected chi connectivity index (χ3v) is 3.63. The maximum atomic E-state index is 14.2. The van der Waals surface area contributed by atoms with Crippen LogP contribution in [0, 0.1) is 0 Å². The van der Waals surface area contributed by atoms with Crippen molar-refractivity contribution in [1.82, 2.24) is 9.78 Å². The highest BCUT2D eigenvalue weighted by molar-refractivity contribution is 5.76. The van der Waals surface area contributed by atoms with Gasteiger partial charge in [0, 0.05) is 17.8 Å². The summed E-state index contributed by atoms with van der Waals surface area (Å²) in [4.78, 5) is 0. The van der Waals surface area contributed by atoms with Gasteiger partial charge in [-0.05, 0) is 50.8 Å². The number of fused-ring (bicyclic) bond motifs is 1. The molecule has 0 saturated carbocycles. The van der Waals surface area contributed by atoms with Crippen molar-refractivity contribution in [1.29, 1.82) is 0 Å². The lowest BCUT2D eigenvalue weighted by atomic mass is 10.1. The van der Waals surface area contributed by atoms with E-state index in [1.807, 2.05) is 23.7 Å². The molecule has 0 unspecified atom stereocenters. The SMILES string of the molecule is C\C=C(F)/C(=C\C(=C\CC)OC)c1cc2n(n1)CCCC2. The lowest BCUT2D eigenvalue weighted by Crippen LogP contribution is -2.10. The third kappa shape index (κ3) is 3.63. The first-order valence-electron chi connectivity index (χ1n) is 7.54. The van der Waals surface area contributed by atoms with Crippen LogP contribution in [0.25, 0.3) is 5.57 Å². The van der Waals surface area contributed by atoms with Crippen LogP contribution < -0.4 is 0 Å². The Bertz CT molecular complexity index is 558. The Morgan fingerprint density at radius 3 is 2.90 bits per heavy atom. The predicted octanol–water partition coefficient (Wildman–Crippen LogP) is 4.42. The summed E-state index contributed by atoms with van der Waals surface area (Å²) in [6.45, 7) is 4.63. The summed E-state index contributed by atoms with van der Waals surface area (Å²) in [6, 6.07) is 1.99. The summed E-state index contributed by atoms with van der Waals surface area (Å²) in [5, 5.41) is 4.55. The van der Waals surface area contributed by atoms with Crippen LogP contribution >= 0.6 is 0 Å². The fourth-order valence-corrected chi connectivity index (χ4v) is 2.51. The second-order valence-electron chi connectivity index (χ2n) is 5.11. The normalized spacial score (nSPS) is 16.9. The van der Waals surface area contributed by atoms with Gasteiger partial charge in [0.2, 0.25) is 0 Å². The van der Waals surface area contributed by atoms with Crippen molar-refractivity contribution in [2.75, 3.05) is 7.11 Å². The van der Waals surface area contributed by atoms with Gasteiger partial charge in [-0.15, -0.1) is 0 Å². The van der Waals surface area contributed by atoms with Crippen LogP contribution in [0.5, 0.6) is 0 Å². The fourth-order valence-electron chi connectivity index (χ4n) is 2.51. The average Bonchev–Trinajstić information content (AvgIpc) is 2.94. The Balaban J connectivity index is 2.43. The molecule has 4 heteroatoms. The van der Waals surface area contributed by atoms with E-state index in [2.05, 4.69) is 5.10 Å². The van der Waals surface area contributed by atoms with Gasteiger partial charge in [-0.2, -0.15) is 5.10 Å². The van der Waals surface area contributed by atoms with E-state index in [4.69, 9.17) is 4.74 Å². The molecule has 2 heterocycles. The van der Waals surface area contributed by atoms with Crippen LogP contribution in [0.3, 0.4) is 0 Å². The number of halogens is 1. The van der Waals surface area contributed by atoms with E-state index in [-0.39, 0.29) is 5.83 Å². The minimum atomic E-state index is -0.274. The Morgan fingerprint density at radius 1 is 1.48 bits per heavy atom. The highest BCUT2D eigenvalue weighted by atomic mass is 19.1. The average molecular weight is 290 g/mol. The molecule has 21 heavy (non-hydrogen) atoms. The number of hydrogen-bond acceptors (Lipinski definition) is 2. The van der Waals surface area contributed by atoms with Crippen molar-refractivity contribution in [3.63, 3.8) is 0 Å². The molecule has 0 radical (unpaired) electrons. The number of ether oxygens (including phenoxy) is 1. The third-order valence-electron chi connectivity index (χ3n) is 3.63. The summed E-state index contributed by atoms with van der Waals surface area (Å²) in [5.74, 6) is 0.389. The predicted molar refractivity (Wildman–Crippen MR) is 83.4 cm³/mol. The highest BCUT2D eigenvalue weighted by Crippen LogP contribution is 2.27. The van der Waals surface area contributed by atoms with Crippen molar-refractivity contribution in [2.45, 2.75) is 46.1 Å². The van der Waals surface area contributed by atoms with Crippen molar-refractivity contribution in [2.24, 2.45) is 0 Å². The first kappa shape index (κ1) is 15.5. The molecular formula is C17H23FN2O. The molecule has 0 saturated heterocycles. The maximum Gasteiger partial charge on any atom is 0.128 e. The van der Waals surface area contributed by atoms with Crippen molar-refractivity contribution >= 4 is 5.57 Å². The van der Waals surface area contributed by atoms with Crippen LogP contribution in [0.2, 0.25) is 0 Å². The molecule has 114 valence electrons. The summed E-state index contributed by atoms with van der Waals surface area (Å²) < 4.78 is 21.5.